The molecule has 1 heteroatoms. The molecule has 0 aliphatic carbocycles. The largest absolute Gasteiger partial charge is 0.316 e. The number of aryl methyl sites for hydroxylation is 1. The van der Waals surface area contributed by atoms with Crippen molar-refractivity contribution in [2.24, 2.45) is 5.41 Å². The van der Waals surface area contributed by atoms with Crippen molar-refractivity contribution in [1.82, 2.24) is 5.32 Å². The standard InChI is InChI=1S/C15H25N/c1-6-15(3,4)14(16-5)11-13-10-8-7-9-12(13)2/h7-10,14,16H,6,11H2,1-5H3. The van der Waals surface area contributed by atoms with Crippen molar-refractivity contribution in [2.75, 3.05) is 7.05 Å². The second-order valence-corrected chi connectivity index (χ2v) is 5.31. The monoisotopic (exact) mass is 219 g/mol. The highest BCUT2D eigenvalue weighted by molar-refractivity contribution is 5.26. The first-order valence-corrected chi connectivity index (χ1v) is 6.23. The summed E-state index contributed by atoms with van der Waals surface area (Å²) >= 11 is 0. The molecule has 0 heterocycles. The van der Waals surface area contributed by atoms with E-state index in [1.165, 1.54) is 17.5 Å². The summed E-state index contributed by atoms with van der Waals surface area (Å²) in [6.45, 7) is 9.14. The maximum Gasteiger partial charge on any atom is 0.0156 e. The van der Waals surface area contributed by atoms with E-state index in [0.29, 0.717) is 11.5 Å². The van der Waals surface area contributed by atoms with E-state index >= 15 is 0 Å². The van der Waals surface area contributed by atoms with Gasteiger partial charge in [0.15, 0.2) is 0 Å². The second-order valence-electron chi connectivity index (χ2n) is 5.31. The molecule has 0 amide bonds. The molecule has 0 aromatic heterocycles. The van der Waals surface area contributed by atoms with Crippen molar-refractivity contribution in [1.29, 1.82) is 0 Å². The van der Waals surface area contributed by atoms with Gasteiger partial charge >= 0.3 is 0 Å². The van der Waals surface area contributed by atoms with Crippen molar-refractivity contribution in [2.45, 2.75) is 46.6 Å². The predicted molar refractivity (Wildman–Crippen MR) is 71.8 cm³/mol. The van der Waals surface area contributed by atoms with E-state index in [1.54, 1.807) is 0 Å². The average Bonchev–Trinajstić information content (AvgIpc) is 2.27. The smallest absolute Gasteiger partial charge is 0.0156 e. The van der Waals surface area contributed by atoms with E-state index < -0.39 is 0 Å². The minimum Gasteiger partial charge on any atom is -0.316 e. The summed E-state index contributed by atoms with van der Waals surface area (Å²) in [6.07, 6.45) is 2.31. The third-order valence-corrected chi connectivity index (χ3v) is 3.89. The van der Waals surface area contributed by atoms with Gasteiger partial charge in [0.05, 0.1) is 0 Å². The van der Waals surface area contributed by atoms with Gasteiger partial charge < -0.3 is 5.32 Å². The van der Waals surface area contributed by atoms with Crippen molar-refractivity contribution < 1.29 is 0 Å². The van der Waals surface area contributed by atoms with E-state index in [4.69, 9.17) is 0 Å². The lowest BCUT2D eigenvalue weighted by Crippen LogP contribution is -2.41. The highest BCUT2D eigenvalue weighted by atomic mass is 14.9. The summed E-state index contributed by atoms with van der Waals surface area (Å²) < 4.78 is 0. The first-order chi connectivity index (χ1) is 7.51. The summed E-state index contributed by atoms with van der Waals surface area (Å²) in [5.41, 5.74) is 3.20. The van der Waals surface area contributed by atoms with Crippen LogP contribution in [-0.4, -0.2) is 13.1 Å². The van der Waals surface area contributed by atoms with Crippen LogP contribution in [0, 0.1) is 12.3 Å². The molecule has 1 aromatic carbocycles. The Morgan fingerprint density at radius 1 is 1.25 bits per heavy atom. The van der Waals surface area contributed by atoms with Crippen molar-refractivity contribution in [3.63, 3.8) is 0 Å². The fourth-order valence-corrected chi connectivity index (χ4v) is 2.07. The molecular weight excluding hydrogens is 194 g/mol. The molecule has 1 unspecified atom stereocenters. The van der Waals surface area contributed by atoms with Crippen LogP contribution in [0.3, 0.4) is 0 Å². The zero-order valence-electron chi connectivity index (χ0n) is 11.3. The van der Waals surface area contributed by atoms with Crippen LogP contribution in [0.15, 0.2) is 24.3 Å². The summed E-state index contributed by atoms with van der Waals surface area (Å²) in [7, 11) is 2.07. The Hall–Kier alpha value is -0.820. The van der Waals surface area contributed by atoms with Gasteiger partial charge in [0, 0.05) is 6.04 Å². The number of rotatable bonds is 5. The van der Waals surface area contributed by atoms with Gasteiger partial charge in [0.1, 0.15) is 0 Å². The van der Waals surface area contributed by atoms with Crippen LogP contribution in [0.4, 0.5) is 0 Å². The molecule has 0 fully saturated rings. The van der Waals surface area contributed by atoms with Crippen LogP contribution in [0.2, 0.25) is 0 Å². The Bertz CT molecular complexity index is 328. The summed E-state index contributed by atoms with van der Waals surface area (Å²) in [5, 5.41) is 3.47. The van der Waals surface area contributed by atoms with Crippen molar-refractivity contribution in [3.05, 3.63) is 35.4 Å². The molecule has 1 rings (SSSR count). The topological polar surface area (TPSA) is 12.0 Å². The highest BCUT2D eigenvalue weighted by Gasteiger charge is 2.26. The summed E-state index contributed by atoms with van der Waals surface area (Å²) in [6, 6.07) is 9.22. The quantitative estimate of drug-likeness (QED) is 0.798. The molecule has 1 N–H and O–H groups in total. The molecule has 0 bridgehead atoms. The van der Waals surface area contributed by atoms with Gasteiger partial charge in [-0.3, -0.25) is 0 Å². The van der Waals surface area contributed by atoms with Crippen LogP contribution >= 0.6 is 0 Å². The van der Waals surface area contributed by atoms with Gasteiger partial charge in [0.25, 0.3) is 0 Å². The van der Waals surface area contributed by atoms with Gasteiger partial charge in [-0.2, -0.15) is 0 Å². The van der Waals surface area contributed by atoms with Gasteiger partial charge in [-0.1, -0.05) is 45.0 Å². The minimum absolute atomic E-state index is 0.344. The second kappa shape index (κ2) is 5.49. The molecule has 0 aliphatic heterocycles. The Morgan fingerprint density at radius 2 is 1.88 bits per heavy atom. The molecule has 1 aromatic rings. The first-order valence-electron chi connectivity index (χ1n) is 6.23. The Balaban J connectivity index is 2.82. The number of likely N-dealkylation sites (N-methyl/N-ethyl adjacent to an activating group) is 1. The molecule has 90 valence electrons. The Labute approximate surface area is 100 Å². The lowest BCUT2D eigenvalue weighted by atomic mass is 9.78. The van der Waals surface area contributed by atoms with Crippen LogP contribution < -0.4 is 5.32 Å². The number of hydrogen-bond donors (Lipinski definition) is 1. The molecular formula is C15H25N. The fourth-order valence-electron chi connectivity index (χ4n) is 2.07. The van der Waals surface area contributed by atoms with Gasteiger partial charge in [0.2, 0.25) is 0 Å². The molecule has 1 atom stereocenters. The molecule has 0 radical (unpaired) electrons. The summed E-state index contributed by atoms with van der Waals surface area (Å²) in [4.78, 5) is 0. The summed E-state index contributed by atoms with van der Waals surface area (Å²) in [5.74, 6) is 0. The highest BCUT2D eigenvalue weighted by Crippen LogP contribution is 2.27. The zero-order chi connectivity index (χ0) is 12.2. The van der Waals surface area contributed by atoms with Crippen LogP contribution in [0.25, 0.3) is 0 Å². The fraction of sp³-hybridized carbons (Fsp3) is 0.600. The zero-order valence-corrected chi connectivity index (χ0v) is 11.3. The normalized spacial score (nSPS) is 13.8. The molecule has 1 nitrogen and oxygen atoms in total. The molecule has 16 heavy (non-hydrogen) atoms. The van der Waals surface area contributed by atoms with Gasteiger partial charge in [-0.05, 0) is 43.4 Å². The number of hydrogen-bond acceptors (Lipinski definition) is 1. The van der Waals surface area contributed by atoms with E-state index in [9.17, 15) is 0 Å². The number of nitrogens with one attached hydrogen (secondary N) is 1. The molecule has 0 aliphatic rings. The van der Waals surface area contributed by atoms with E-state index in [2.05, 4.69) is 64.3 Å². The van der Waals surface area contributed by atoms with Crippen molar-refractivity contribution in [3.8, 4) is 0 Å². The SMILES string of the molecule is CCC(C)(C)C(Cc1ccccc1C)NC. The van der Waals surface area contributed by atoms with Crippen LogP contribution in [0.1, 0.15) is 38.3 Å². The first kappa shape index (κ1) is 13.2. The lowest BCUT2D eigenvalue weighted by Gasteiger charge is -2.33. The predicted octanol–water partition coefficient (Wildman–Crippen LogP) is 3.56. The maximum atomic E-state index is 3.47. The van der Waals surface area contributed by atoms with Gasteiger partial charge in [-0.25, -0.2) is 0 Å². The van der Waals surface area contributed by atoms with Crippen LogP contribution in [0.5, 0.6) is 0 Å². The van der Waals surface area contributed by atoms with E-state index in [1.807, 2.05) is 0 Å². The molecule has 0 spiro atoms. The van der Waals surface area contributed by atoms with Crippen molar-refractivity contribution >= 4 is 0 Å². The minimum atomic E-state index is 0.344. The lowest BCUT2D eigenvalue weighted by molar-refractivity contribution is 0.240. The third kappa shape index (κ3) is 3.08. The van der Waals surface area contributed by atoms with E-state index in [-0.39, 0.29) is 0 Å². The number of benzene rings is 1. The van der Waals surface area contributed by atoms with E-state index in [0.717, 1.165) is 6.42 Å². The Morgan fingerprint density at radius 3 is 2.38 bits per heavy atom. The van der Waals surface area contributed by atoms with Crippen LogP contribution in [-0.2, 0) is 6.42 Å². The third-order valence-electron chi connectivity index (χ3n) is 3.89. The van der Waals surface area contributed by atoms with Gasteiger partial charge in [-0.15, -0.1) is 0 Å². The average molecular weight is 219 g/mol. The molecule has 0 saturated heterocycles. The Kier molecular flexibility index (Phi) is 4.55. The molecule has 0 saturated carbocycles. The maximum absolute atomic E-state index is 3.47.